The number of hydrogen-bond acceptors (Lipinski definition) is 2. The van der Waals surface area contributed by atoms with Gasteiger partial charge in [0.15, 0.2) is 0 Å². The molecule has 0 radical (unpaired) electrons. The van der Waals surface area contributed by atoms with Gasteiger partial charge in [-0.1, -0.05) is 30.3 Å². The summed E-state index contributed by atoms with van der Waals surface area (Å²) in [5, 5.41) is 2.86. The Morgan fingerprint density at radius 2 is 1.62 bits per heavy atom. The molecule has 176 valence electrons. The number of hydrogen-bond donors (Lipinski definition) is 1. The van der Waals surface area contributed by atoms with Gasteiger partial charge in [0.05, 0.1) is 5.56 Å². The predicted molar refractivity (Wildman–Crippen MR) is 125 cm³/mol. The van der Waals surface area contributed by atoms with E-state index in [4.69, 9.17) is 0 Å². The van der Waals surface area contributed by atoms with E-state index in [9.17, 15) is 22.8 Å². The lowest BCUT2D eigenvalue weighted by atomic mass is 10.1. The van der Waals surface area contributed by atoms with E-state index in [2.05, 4.69) is 5.32 Å². The van der Waals surface area contributed by atoms with Gasteiger partial charge in [-0.3, -0.25) is 9.69 Å². The van der Waals surface area contributed by atoms with Crippen LogP contribution in [0.25, 0.3) is 0 Å². The number of nitrogens with one attached hydrogen (secondary N) is 1. The number of alkyl halides is 3. The zero-order chi connectivity index (χ0) is 24.3. The minimum atomic E-state index is -4.39. The molecule has 3 amide bonds. The zero-order valence-electron chi connectivity index (χ0n) is 18.6. The fraction of sp³-hybridized carbons (Fsp3) is 0.231. The van der Waals surface area contributed by atoms with E-state index in [1.54, 1.807) is 40.1 Å². The number of anilines is 2. The molecule has 0 unspecified atom stereocenters. The highest BCUT2D eigenvalue weighted by atomic mass is 19.4. The summed E-state index contributed by atoms with van der Waals surface area (Å²) in [6.07, 6.45) is -3.65. The Bertz CT molecular complexity index is 1180. The van der Waals surface area contributed by atoms with Gasteiger partial charge >= 0.3 is 12.2 Å². The van der Waals surface area contributed by atoms with Crippen LogP contribution in [-0.4, -0.2) is 29.9 Å². The molecule has 0 saturated carbocycles. The molecule has 1 fully saturated rings. The van der Waals surface area contributed by atoms with Crippen LogP contribution in [0.2, 0.25) is 0 Å². The molecule has 4 rings (SSSR count). The summed E-state index contributed by atoms with van der Waals surface area (Å²) in [4.78, 5) is 28.8. The maximum absolute atomic E-state index is 13.0. The summed E-state index contributed by atoms with van der Waals surface area (Å²) in [6, 6.07) is 19.0. The Morgan fingerprint density at radius 1 is 0.941 bits per heavy atom. The molecule has 0 atom stereocenters. The molecule has 0 aliphatic carbocycles. The van der Waals surface area contributed by atoms with Gasteiger partial charge in [-0.05, 0) is 66.9 Å². The van der Waals surface area contributed by atoms with Crippen LogP contribution in [0.3, 0.4) is 0 Å². The van der Waals surface area contributed by atoms with E-state index in [1.807, 2.05) is 25.1 Å². The Labute approximate surface area is 195 Å². The van der Waals surface area contributed by atoms with Gasteiger partial charge in [0.25, 0.3) is 5.91 Å². The first-order valence-electron chi connectivity index (χ1n) is 10.9. The van der Waals surface area contributed by atoms with Gasteiger partial charge in [0.1, 0.15) is 0 Å². The summed E-state index contributed by atoms with van der Waals surface area (Å²) in [5.74, 6) is -0.206. The number of carbonyl (C=O) groups excluding carboxylic acids is 2. The predicted octanol–water partition coefficient (Wildman–Crippen LogP) is 6.10. The average molecular weight is 467 g/mol. The number of carbonyl (C=O) groups is 2. The second kappa shape index (κ2) is 9.59. The summed E-state index contributed by atoms with van der Waals surface area (Å²) in [6.45, 7) is 3.17. The average Bonchev–Trinajstić information content (AvgIpc) is 2.81. The first kappa shape index (κ1) is 23.4. The lowest BCUT2D eigenvalue weighted by molar-refractivity contribution is -0.137. The lowest BCUT2D eigenvalue weighted by Gasteiger charge is -2.35. The van der Waals surface area contributed by atoms with Crippen molar-refractivity contribution in [3.63, 3.8) is 0 Å². The van der Waals surface area contributed by atoms with E-state index in [0.717, 1.165) is 24.1 Å². The fourth-order valence-corrected chi connectivity index (χ4v) is 3.94. The normalized spacial score (nSPS) is 14.3. The van der Waals surface area contributed by atoms with Gasteiger partial charge < -0.3 is 10.2 Å². The van der Waals surface area contributed by atoms with Crippen molar-refractivity contribution in [2.75, 3.05) is 23.3 Å². The minimum absolute atomic E-state index is 0.206. The van der Waals surface area contributed by atoms with Crippen molar-refractivity contribution in [1.29, 1.82) is 0 Å². The van der Waals surface area contributed by atoms with Gasteiger partial charge in [-0.15, -0.1) is 0 Å². The largest absolute Gasteiger partial charge is 0.416 e. The Balaban J connectivity index is 1.41. The molecule has 0 bridgehead atoms. The number of nitrogens with zero attached hydrogens (tertiary/aromatic N) is 2. The maximum atomic E-state index is 13.0. The van der Waals surface area contributed by atoms with Crippen molar-refractivity contribution < 1.29 is 22.8 Å². The lowest BCUT2D eigenvalue weighted by Crippen LogP contribution is -2.49. The van der Waals surface area contributed by atoms with E-state index >= 15 is 0 Å². The van der Waals surface area contributed by atoms with Crippen LogP contribution < -0.4 is 10.2 Å². The summed E-state index contributed by atoms with van der Waals surface area (Å²) < 4.78 is 38.4. The van der Waals surface area contributed by atoms with Gasteiger partial charge in [0, 0.05) is 36.6 Å². The molecule has 8 heteroatoms. The van der Waals surface area contributed by atoms with Crippen molar-refractivity contribution in [2.45, 2.75) is 26.1 Å². The molecule has 1 heterocycles. The second-order valence-electron chi connectivity index (χ2n) is 8.22. The first-order chi connectivity index (χ1) is 16.2. The molecule has 0 aromatic heterocycles. The van der Waals surface area contributed by atoms with E-state index in [-0.39, 0.29) is 18.5 Å². The van der Waals surface area contributed by atoms with Crippen LogP contribution in [0.5, 0.6) is 0 Å². The number of urea groups is 1. The molecule has 1 N–H and O–H groups in total. The summed E-state index contributed by atoms with van der Waals surface area (Å²) in [5.41, 5.74) is 2.70. The first-order valence-corrected chi connectivity index (χ1v) is 10.9. The Hall–Kier alpha value is -3.81. The summed E-state index contributed by atoms with van der Waals surface area (Å²) in [7, 11) is 0. The quantitative estimate of drug-likeness (QED) is 0.493. The number of amides is 3. The molecule has 3 aromatic rings. The zero-order valence-corrected chi connectivity index (χ0v) is 18.6. The molecule has 1 saturated heterocycles. The highest BCUT2D eigenvalue weighted by Crippen LogP contribution is 2.29. The van der Waals surface area contributed by atoms with Gasteiger partial charge in [-0.2, -0.15) is 13.2 Å². The summed E-state index contributed by atoms with van der Waals surface area (Å²) >= 11 is 0. The molecule has 3 aromatic carbocycles. The van der Waals surface area contributed by atoms with Crippen LogP contribution >= 0.6 is 0 Å². The third kappa shape index (κ3) is 5.22. The van der Waals surface area contributed by atoms with E-state index < -0.39 is 11.7 Å². The van der Waals surface area contributed by atoms with Crippen LogP contribution in [0.15, 0.2) is 72.8 Å². The smallest absolute Gasteiger partial charge is 0.322 e. The molecule has 5 nitrogen and oxygen atoms in total. The second-order valence-corrected chi connectivity index (χ2v) is 8.22. The van der Waals surface area contributed by atoms with Crippen molar-refractivity contribution >= 4 is 23.3 Å². The molecule has 0 spiro atoms. The highest BCUT2D eigenvalue weighted by molar-refractivity contribution is 6.05. The van der Waals surface area contributed by atoms with Crippen LogP contribution in [-0.2, 0) is 12.7 Å². The molecule has 1 aliphatic rings. The monoisotopic (exact) mass is 467 g/mol. The third-order valence-corrected chi connectivity index (χ3v) is 5.79. The number of aryl methyl sites for hydroxylation is 1. The Kier molecular flexibility index (Phi) is 6.58. The molecule has 34 heavy (non-hydrogen) atoms. The molecular weight excluding hydrogens is 443 g/mol. The van der Waals surface area contributed by atoms with Crippen molar-refractivity contribution in [2.24, 2.45) is 0 Å². The third-order valence-electron chi connectivity index (χ3n) is 5.79. The highest BCUT2D eigenvalue weighted by Gasteiger charge is 2.30. The van der Waals surface area contributed by atoms with Gasteiger partial charge in [0.2, 0.25) is 0 Å². The number of rotatable bonds is 5. The number of halogens is 3. The van der Waals surface area contributed by atoms with Crippen LogP contribution in [0.1, 0.15) is 33.5 Å². The Morgan fingerprint density at radius 3 is 2.26 bits per heavy atom. The maximum Gasteiger partial charge on any atom is 0.416 e. The molecular formula is C26H24F3N3O2. The van der Waals surface area contributed by atoms with Gasteiger partial charge in [-0.25, -0.2) is 4.79 Å². The van der Waals surface area contributed by atoms with Crippen LogP contribution in [0, 0.1) is 6.92 Å². The topological polar surface area (TPSA) is 52.7 Å². The number of benzene rings is 3. The molecule has 1 aliphatic heterocycles. The van der Waals surface area contributed by atoms with Crippen LogP contribution in [0.4, 0.5) is 29.3 Å². The fourth-order valence-electron chi connectivity index (χ4n) is 3.94. The van der Waals surface area contributed by atoms with Crippen molar-refractivity contribution in [1.82, 2.24) is 4.90 Å². The standard InChI is InChI=1S/C26H24F3N3O2/c1-18-5-2-3-6-23(18)24(33)30-21-11-13-22(14-12-21)32-16-4-15-31(25(32)34)17-19-7-9-20(10-8-19)26(27,28)29/h2-3,5-14H,4,15-17H2,1H3,(H,30,33). The SMILES string of the molecule is Cc1ccccc1C(=O)Nc1ccc(N2CCCN(Cc3ccc(C(F)(F)F)cc3)C2=O)cc1. The van der Waals surface area contributed by atoms with E-state index in [0.29, 0.717) is 35.6 Å². The van der Waals surface area contributed by atoms with E-state index in [1.165, 1.54) is 12.1 Å². The van der Waals surface area contributed by atoms with Crippen molar-refractivity contribution in [3.05, 3.63) is 95.1 Å². The van der Waals surface area contributed by atoms with Crippen molar-refractivity contribution in [3.8, 4) is 0 Å². The minimum Gasteiger partial charge on any atom is -0.322 e.